The van der Waals surface area contributed by atoms with E-state index >= 15 is 0 Å². The number of nitrogens with two attached hydrogens (primary N) is 1. The van der Waals surface area contributed by atoms with E-state index in [0.717, 1.165) is 64.6 Å². The first-order valence-corrected chi connectivity index (χ1v) is 12.8. The largest absolute Gasteiger partial charge is 0.489 e. The average Bonchev–Trinajstić information content (AvgIpc) is 3.27. The summed E-state index contributed by atoms with van der Waals surface area (Å²) in [6, 6.07) is 20.4. The van der Waals surface area contributed by atoms with Gasteiger partial charge in [0.1, 0.15) is 18.1 Å². The Morgan fingerprint density at radius 1 is 1.00 bits per heavy atom. The Balaban J connectivity index is 1.45. The number of ether oxygens (including phenoxy) is 1. The highest BCUT2D eigenvalue weighted by Gasteiger charge is 2.18. The zero-order valence-corrected chi connectivity index (χ0v) is 20.3. The molecular formula is C30H30N4O2. The minimum absolute atomic E-state index is 0.174. The summed E-state index contributed by atoms with van der Waals surface area (Å²) in [6.07, 6.45) is 7.42. The number of rotatable bonds is 7. The van der Waals surface area contributed by atoms with Crippen molar-refractivity contribution in [2.24, 2.45) is 5.73 Å². The molecule has 3 N–H and O–H groups in total. The van der Waals surface area contributed by atoms with Crippen molar-refractivity contribution in [3.63, 3.8) is 0 Å². The molecule has 182 valence electrons. The second-order valence-corrected chi connectivity index (χ2v) is 9.59. The second-order valence-electron chi connectivity index (χ2n) is 9.59. The van der Waals surface area contributed by atoms with Gasteiger partial charge in [0.05, 0.1) is 11.0 Å². The highest BCUT2D eigenvalue weighted by Crippen LogP contribution is 2.33. The number of nitrogens with one attached hydrogen (secondary N) is 1. The zero-order valence-electron chi connectivity index (χ0n) is 20.3. The lowest BCUT2D eigenvalue weighted by molar-refractivity contribution is 0.306. The van der Waals surface area contributed by atoms with Gasteiger partial charge in [-0.1, -0.05) is 30.3 Å². The van der Waals surface area contributed by atoms with Crippen LogP contribution in [0.15, 0.2) is 71.7 Å². The van der Waals surface area contributed by atoms with Crippen LogP contribution in [0.25, 0.3) is 33.2 Å². The van der Waals surface area contributed by atoms with Crippen LogP contribution in [-0.2, 0) is 26.0 Å². The summed E-state index contributed by atoms with van der Waals surface area (Å²) in [5, 5.41) is 0.952. The van der Waals surface area contributed by atoms with Crippen LogP contribution in [0.1, 0.15) is 36.0 Å². The lowest BCUT2D eigenvalue weighted by atomic mass is 9.91. The fraction of sp³-hybridized carbons (Fsp3) is 0.267. The average molecular weight is 479 g/mol. The van der Waals surface area contributed by atoms with Gasteiger partial charge >= 0.3 is 0 Å². The lowest BCUT2D eigenvalue weighted by Gasteiger charge is -2.16. The lowest BCUT2D eigenvalue weighted by Crippen LogP contribution is -2.13. The van der Waals surface area contributed by atoms with Gasteiger partial charge in [-0.3, -0.25) is 4.79 Å². The van der Waals surface area contributed by atoms with Gasteiger partial charge in [0, 0.05) is 29.2 Å². The van der Waals surface area contributed by atoms with E-state index in [4.69, 9.17) is 15.5 Å². The fourth-order valence-corrected chi connectivity index (χ4v) is 5.24. The molecule has 6 nitrogen and oxygen atoms in total. The first-order chi connectivity index (χ1) is 17.7. The number of hydrogen-bond acceptors (Lipinski definition) is 4. The first-order valence-electron chi connectivity index (χ1n) is 12.8. The van der Waals surface area contributed by atoms with Gasteiger partial charge in [0.2, 0.25) is 0 Å². The maximum atomic E-state index is 13.3. The van der Waals surface area contributed by atoms with Gasteiger partial charge < -0.3 is 20.0 Å². The zero-order chi connectivity index (χ0) is 24.5. The molecule has 1 aliphatic carbocycles. The minimum atomic E-state index is -0.174. The molecule has 0 fully saturated rings. The van der Waals surface area contributed by atoms with Crippen LogP contribution in [0.5, 0.6) is 5.75 Å². The molecule has 36 heavy (non-hydrogen) atoms. The third kappa shape index (κ3) is 4.29. The molecule has 2 heterocycles. The Labute approximate surface area is 209 Å². The maximum absolute atomic E-state index is 13.3. The van der Waals surface area contributed by atoms with Crippen molar-refractivity contribution in [2.45, 2.75) is 45.3 Å². The fourth-order valence-electron chi connectivity index (χ4n) is 5.24. The van der Waals surface area contributed by atoms with Crippen molar-refractivity contribution in [3.8, 4) is 17.0 Å². The third-order valence-electron chi connectivity index (χ3n) is 7.11. The van der Waals surface area contributed by atoms with E-state index in [-0.39, 0.29) is 5.56 Å². The summed E-state index contributed by atoms with van der Waals surface area (Å²) in [6.45, 7) is 1.86. The molecule has 0 aliphatic heterocycles. The van der Waals surface area contributed by atoms with Crippen molar-refractivity contribution >= 4 is 21.9 Å². The normalized spacial score (nSPS) is 13.2. The van der Waals surface area contributed by atoms with Gasteiger partial charge in [-0.25, -0.2) is 4.98 Å². The predicted octanol–water partition coefficient (Wildman–Crippen LogP) is 5.35. The minimum Gasteiger partial charge on any atom is -0.489 e. The Morgan fingerprint density at radius 3 is 2.61 bits per heavy atom. The van der Waals surface area contributed by atoms with Crippen molar-refractivity contribution < 1.29 is 4.74 Å². The van der Waals surface area contributed by atoms with E-state index in [1.165, 1.54) is 24.0 Å². The van der Waals surface area contributed by atoms with Gasteiger partial charge in [0.25, 0.3) is 5.56 Å². The number of benzene rings is 3. The summed E-state index contributed by atoms with van der Waals surface area (Å²) in [7, 11) is 0. The molecule has 1 aliphatic rings. The molecule has 0 amide bonds. The Hall–Kier alpha value is -3.90. The molecule has 0 spiro atoms. The summed E-state index contributed by atoms with van der Waals surface area (Å²) >= 11 is 0. The van der Waals surface area contributed by atoms with E-state index in [1.54, 1.807) is 0 Å². The van der Waals surface area contributed by atoms with Gasteiger partial charge in [-0.2, -0.15) is 0 Å². The van der Waals surface area contributed by atoms with E-state index in [9.17, 15) is 4.79 Å². The molecule has 5 aromatic rings. The molecule has 0 radical (unpaired) electrons. The number of aryl methyl sites for hydroxylation is 3. The summed E-state index contributed by atoms with van der Waals surface area (Å²) in [5.41, 5.74) is 13.3. The Kier molecular flexibility index (Phi) is 6.03. The molecule has 0 bridgehead atoms. The van der Waals surface area contributed by atoms with Gasteiger partial charge in [0.15, 0.2) is 0 Å². The molecule has 0 saturated heterocycles. The monoisotopic (exact) mass is 478 g/mol. The SMILES string of the molecule is NCCCn1cc(-c2nc3cc4c(cc3[nH]c2=O)CCCC4)c2cc(OCc3ccccc3)ccc21. The molecule has 0 unspecified atom stereocenters. The molecule has 0 atom stereocenters. The van der Waals surface area contributed by atoms with Gasteiger partial charge in [-0.15, -0.1) is 0 Å². The van der Waals surface area contributed by atoms with Crippen molar-refractivity contribution in [2.75, 3.05) is 6.54 Å². The predicted molar refractivity (Wildman–Crippen MR) is 144 cm³/mol. The molecule has 0 saturated carbocycles. The van der Waals surface area contributed by atoms with Crippen LogP contribution in [0, 0.1) is 0 Å². The van der Waals surface area contributed by atoms with Crippen LogP contribution in [-0.4, -0.2) is 21.1 Å². The summed E-state index contributed by atoms with van der Waals surface area (Å²) in [5.74, 6) is 0.760. The molecule has 6 rings (SSSR count). The molecule has 3 aromatic carbocycles. The number of hydrogen-bond donors (Lipinski definition) is 2. The summed E-state index contributed by atoms with van der Waals surface area (Å²) in [4.78, 5) is 21.3. The second kappa shape index (κ2) is 9.63. The third-order valence-corrected chi connectivity index (χ3v) is 7.11. The number of aromatic nitrogens is 3. The van der Waals surface area contributed by atoms with Crippen LogP contribution >= 0.6 is 0 Å². The Bertz CT molecular complexity index is 1600. The number of fused-ring (bicyclic) bond motifs is 3. The number of H-pyrrole nitrogens is 1. The van der Waals surface area contributed by atoms with Crippen LogP contribution in [0.4, 0.5) is 0 Å². The molecular weight excluding hydrogens is 448 g/mol. The quantitative estimate of drug-likeness (QED) is 0.330. The topological polar surface area (TPSA) is 85.9 Å². The van der Waals surface area contributed by atoms with Gasteiger partial charge in [-0.05, 0) is 85.7 Å². The number of aromatic amines is 1. The van der Waals surface area contributed by atoms with E-state index in [1.807, 2.05) is 48.7 Å². The van der Waals surface area contributed by atoms with E-state index in [2.05, 4.69) is 27.8 Å². The summed E-state index contributed by atoms with van der Waals surface area (Å²) < 4.78 is 8.27. The number of nitrogens with zero attached hydrogens (tertiary/aromatic N) is 2. The highest BCUT2D eigenvalue weighted by atomic mass is 16.5. The Morgan fingerprint density at radius 2 is 1.81 bits per heavy atom. The van der Waals surface area contributed by atoms with E-state index in [0.29, 0.717) is 18.8 Å². The molecule has 6 heteroatoms. The van der Waals surface area contributed by atoms with Crippen LogP contribution in [0.2, 0.25) is 0 Å². The van der Waals surface area contributed by atoms with Crippen molar-refractivity contribution in [1.29, 1.82) is 0 Å². The van der Waals surface area contributed by atoms with Crippen LogP contribution < -0.4 is 16.0 Å². The first kappa shape index (κ1) is 22.6. The van der Waals surface area contributed by atoms with Crippen molar-refractivity contribution in [3.05, 3.63) is 93.9 Å². The van der Waals surface area contributed by atoms with E-state index < -0.39 is 0 Å². The van der Waals surface area contributed by atoms with Crippen LogP contribution in [0.3, 0.4) is 0 Å². The maximum Gasteiger partial charge on any atom is 0.275 e. The standard InChI is InChI=1S/C30H30N4O2/c31-13-6-14-34-18-25(24-17-23(11-12-28(24)34)36-19-20-7-2-1-3-8-20)29-30(35)33-27-16-22-10-5-4-9-21(22)15-26(27)32-29/h1-3,7-8,11-12,15-18H,4-6,9-10,13-14,19,31H2,(H,33,35). The highest BCUT2D eigenvalue weighted by molar-refractivity contribution is 5.96. The van der Waals surface area contributed by atoms with Crippen molar-refractivity contribution in [1.82, 2.24) is 14.5 Å². The molecule has 2 aromatic heterocycles. The smallest absolute Gasteiger partial charge is 0.275 e.